The molecule has 0 amide bonds. The monoisotopic (exact) mass is 295 g/mol. The smallest absolute Gasteiger partial charge is 0.0876 e. The molecule has 1 atom stereocenters. The molecule has 1 aromatic heterocycles. The van der Waals surface area contributed by atoms with E-state index in [9.17, 15) is 0 Å². The van der Waals surface area contributed by atoms with Gasteiger partial charge >= 0.3 is 0 Å². The lowest BCUT2D eigenvalue weighted by molar-refractivity contribution is -0.0780. The van der Waals surface area contributed by atoms with Crippen molar-refractivity contribution >= 4 is 11.3 Å². The van der Waals surface area contributed by atoms with E-state index in [4.69, 9.17) is 4.74 Å². The van der Waals surface area contributed by atoms with Crippen molar-refractivity contribution in [3.05, 3.63) is 22.4 Å². The first-order valence-corrected chi connectivity index (χ1v) is 9.16. The third-order valence-corrected chi connectivity index (χ3v) is 5.08. The third-order valence-electron chi connectivity index (χ3n) is 4.38. The van der Waals surface area contributed by atoms with Gasteiger partial charge in [-0.05, 0) is 55.1 Å². The van der Waals surface area contributed by atoms with Crippen LogP contribution in [0, 0.1) is 0 Å². The predicted molar refractivity (Wildman–Crippen MR) is 87.4 cm³/mol. The highest BCUT2D eigenvalue weighted by Crippen LogP contribution is 2.41. The molecule has 20 heavy (non-hydrogen) atoms. The first-order valence-electron chi connectivity index (χ1n) is 8.22. The van der Waals surface area contributed by atoms with E-state index >= 15 is 0 Å². The molecule has 1 saturated carbocycles. The summed E-state index contributed by atoms with van der Waals surface area (Å²) in [6.45, 7) is 6.25. The molecule has 0 saturated heterocycles. The molecule has 1 heterocycles. The van der Waals surface area contributed by atoms with Crippen molar-refractivity contribution in [1.82, 2.24) is 5.32 Å². The Balaban J connectivity index is 2.24. The van der Waals surface area contributed by atoms with Gasteiger partial charge in [0, 0.05) is 6.61 Å². The van der Waals surface area contributed by atoms with Gasteiger partial charge in [-0.3, -0.25) is 0 Å². The normalized spacial score (nSPS) is 20.5. The van der Waals surface area contributed by atoms with Crippen LogP contribution in [0.5, 0.6) is 0 Å². The fourth-order valence-corrected chi connectivity index (χ4v) is 4.15. The van der Waals surface area contributed by atoms with Gasteiger partial charge in [0.05, 0.1) is 11.6 Å². The van der Waals surface area contributed by atoms with Crippen molar-refractivity contribution in [2.24, 2.45) is 0 Å². The van der Waals surface area contributed by atoms with Crippen LogP contribution in [0.25, 0.3) is 0 Å². The Morgan fingerprint density at radius 1 is 1.25 bits per heavy atom. The summed E-state index contributed by atoms with van der Waals surface area (Å²) in [6, 6.07) is 2.62. The third kappa shape index (κ3) is 3.84. The van der Waals surface area contributed by atoms with Gasteiger partial charge in [0.25, 0.3) is 0 Å². The fraction of sp³-hybridized carbons (Fsp3) is 0.765. The minimum atomic E-state index is 0.00148. The van der Waals surface area contributed by atoms with Gasteiger partial charge in [-0.2, -0.15) is 11.3 Å². The summed E-state index contributed by atoms with van der Waals surface area (Å²) < 4.78 is 6.38. The van der Waals surface area contributed by atoms with Crippen molar-refractivity contribution in [2.45, 2.75) is 70.4 Å². The Bertz CT molecular complexity index is 355. The average Bonchev–Trinajstić information content (AvgIpc) is 2.87. The molecule has 0 radical (unpaired) electrons. The van der Waals surface area contributed by atoms with Crippen LogP contribution in [-0.4, -0.2) is 18.8 Å². The Kier molecular flexibility index (Phi) is 6.53. The quantitative estimate of drug-likeness (QED) is 0.721. The topological polar surface area (TPSA) is 21.3 Å². The number of thiophene rings is 1. The highest BCUT2D eigenvalue weighted by molar-refractivity contribution is 7.07. The van der Waals surface area contributed by atoms with Crippen LogP contribution < -0.4 is 5.32 Å². The summed E-state index contributed by atoms with van der Waals surface area (Å²) in [5, 5.41) is 8.25. The van der Waals surface area contributed by atoms with Crippen LogP contribution in [0.2, 0.25) is 0 Å². The molecule has 2 nitrogen and oxygen atoms in total. The number of rotatable bonds is 7. The number of hydrogen-bond donors (Lipinski definition) is 1. The first-order chi connectivity index (χ1) is 9.82. The van der Waals surface area contributed by atoms with E-state index in [2.05, 4.69) is 36.0 Å². The summed E-state index contributed by atoms with van der Waals surface area (Å²) in [5.41, 5.74) is 1.42. The summed E-state index contributed by atoms with van der Waals surface area (Å²) in [6.07, 6.45) is 8.87. The van der Waals surface area contributed by atoms with Gasteiger partial charge in [0.15, 0.2) is 0 Å². The molecule has 114 valence electrons. The molecule has 2 rings (SSSR count). The van der Waals surface area contributed by atoms with Gasteiger partial charge in [-0.15, -0.1) is 0 Å². The van der Waals surface area contributed by atoms with Crippen molar-refractivity contribution in [3.63, 3.8) is 0 Å². The second-order valence-electron chi connectivity index (χ2n) is 5.86. The lowest BCUT2D eigenvalue weighted by Gasteiger charge is -2.40. The van der Waals surface area contributed by atoms with Crippen LogP contribution in [0.4, 0.5) is 0 Å². The summed E-state index contributed by atoms with van der Waals surface area (Å²) in [7, 11) is 0. The zero-order valence-electron chi connectivity index (χ0n) is 13.0. The molecular weight excluding hydrogens is 266 g/mol. The molecule has 1 fully saturated rings. The highest BCUT2D eigenvalue weighted by atomic mass is 32.1. The Morgan fingerprint density at radius 3 is 2.55 bits per heavy atom. The molecule has 1 N–H and O–H groups in total. The Morgan fingerprint density at radius 2 is 2.00 bits per heavy atom. The predicted octanol–water partition coefficient (Wildman–Crippen LogP) is 4.92. The molecule has 1 aliphatic carbocycles. The van der Waals surface area contributed by atoms with E-state index in [0.29, 0.717) is 6.04 Å². The number of ether oxygens (including phenoxy) is 1. The second kappa shape index (κ2) is 8.16. The molecule has 3 heteroatoms. The first kappa shape index (κ1) is 16.0. The van der Waals surface area contributed by atoms with E-state index in [1.807, 2.05) is 0 Å². The van der Waals surface area contributed by atoms with Crippen molar-refractivity contribution in [2.75, 3.05) is 13.2 Å². The summed E-state index contributed by atoms with van der Waals surface area (Å²) in [5.74, 6) is 0. The second-order valence-corrected chi connectivity index (χ2v) is 6.64. The lowest BCUT2D eigenvalue weighted by Crippen LogP contribution is -2.46. The van der Waals surface area contributed by atoms with E-state index < -0.39 is 0 Å². The van der Waals surface area contributed by atoms with Crippen LogP contribution in [0.1, 0.15) is 70.4 Å². The minimum absolute atomic E-state index is 0.00148. The molecule has 0 bridgehead atoms. The van der Waals surface area contributed by atoms with E-state index in [0.717, 1.165) is 13.2 Å². The number of nitrogens with one attached hydrogen (secondary N) is 1. The maximum atomic E-state index is 6.38. The maximum Gasteiger partial charge on any atom is 0.0876 e. The Labute approximate surface area is 127 Å². The molecule has 0 aliphatic heterocycles. The largest absolute Gasteiger partial charge is 0.373 e. The maximum absolute atomic E-state index is 6.38. The molecular formula is C17H29NOS. The van der Waals surface area contributed by atoms with Crippen molar-refractivity contribution < 1.29 is 4.74 Å². The summed E-state index contributed by atoms with van der Waals surface area (Å²) in [4.78, 5) is 0. The van der Waals surface area contributed by atoms with Crippen LogP contribution in [0.15, 0.2) is 16.8 Å². The molecule has 1 aromatic rings. The average molecular weight is 295 g/mol. The fourth-order valence-electron chi connectivity index (χ4n) is 3.47. The molecule has 1 aliphatic rings. The van der Waals surface area contributed by atoms with Gasteiger partial charge in [0.2, 0.25) is 0 Å². The molecule has 0 aromatic carbocycles. The molecule has 1 unspecified atom stereocenters. The van der Waals surface area contributed by atoms with Crippen LogP contribution >= 0.6 is 11.3 Å². The standard InChI is InChI=1S/C17H29NOS/c1-3-12-18-16(15-9-13-20-14-15)17(19-4-2)10-7-5-6-8-11-17/h9,13-14,16,18H,3-8,10-12H2,1-2H3. The zero-order chi connectivity index (χ0) is 14.3. The summed E-state index contributed by atoms with van der Waals surface area (Å²) >= 11 is 1.79. The van der Waals surface area contributed by atoms with Crippen molar-refractivity contribution in [1.29, 1.82) is 0 Å². The Hall–Kier alpha value is -0.380. The van der Waals surface area contributed by atoms with E-state index in [-0.39, 0.29) is 5.60 Å². The van der Waals surface area contributed by atoms with Gasteiger partial charge < -0.3 is 10.1 Å². The lowest BCUT2D eigenvalue weighted by atomic mass is 9.83. The minimum Gasteiger partial charge on any atom is -0.373 e. The van der Waals surface area contributed by atoms with Gasteiger partial charge in [0.1, 0.15) is 0 Å². The van der Waals surface area contributed by atoms with Crippen molar-refractivity contribution in [3.8, 4) is 0 Å². The zero-order valence-corrected chi connectivity index (χ0v) is 13.8. The van der Waals surface area contributed by atoms with Gasteiger partial charge in [-0.1, -0.05) is 32.6 Å². The number of hydrogen-bond acceptors (Lipinski definition) is 3. The molecule has 0 spiro atoms. The SMILES string of the molecule is CCCNC(c1ccsc1)C1(OCC)CCCCCC1. The van der Waals surface area contributed by atoms with E-state index in [1.54, 1.807) is 11.3 Å². The van der Waals surface area contributed by atoms with Crippen LogP contribution in [-0.2, 0) is 4.74 Å². The van der Waals surface area contributed by atoms with E-state index in [1.165, 1.54) is 50.5 Å². The highest BCUT2D eigenvalue weighted by Gasteiger charge is 2.40. The van der Waals surface area contributed by atoms with Crippen LogP contribution in [0.3, 0.4) is 0 Å². The van der Waals surface area contributed by atoms with Gasteiger partial charge in [-0.25, -0.2) is 0 Å².